The lowest BCUT2D eigenvalue weighted by Gasteiger charge is -2.35. The predicted molar refractivity (Wildman–Crippen MR) is 149 cm³/mol. The van der Waals surface area contributed by atoms with Crippen molar-refractivity contribution in [3.63, 3.8) is 0 Å². The molecule has 8 nitrogen and oxygen atoms in total. The highest BCUT2D eigenvalue weighted by atomic mass is 16.3. The lowest BCUT2D eigenvalue weighted by atomic mass is 9.93. The maximum Gasteiger partial charge on any atom is 0.297 e. The topological polar surface area (TPSA) is 99.5 Å². The Bertz CT molecular complexity index is 1320. The van der Waals surface area contributed by atoms with Crippen molar-refractivity contribution < 1.29 is 9.90 Å². The number of nitrogens with zero attached hydrogens (tertiary/aromatic N) is 3. The van der Waals surface area contributed by atoms with Gasteiger partial charge < -0.3 is 20.6 Å². The fraction of sp³-hybridized carbons (Fsp3) is 0.433. The lowest BCUT2D eigenvalue weighted by Crippen LogP contribution is -2.42. The second kappa shape index (κ2) is 11.5. The molecule has 0 spiro atoms. The Hall–Kier alpha value is -3.49. The monoisotopic (exact) mass is 515 g/mol. The number of aliphatic hydroxyl groups is 1. The first-order valence-electron chi connectivity index (χ1n) is 13.6. The zero-order valence-electron chi connectivity index (χ0n) is 22.1. The third-order valence-corrected chi connectivity index (χ3v) is 7.53. The molecule has 8 heteroatoms. The summed E-state index contributed by atoms with van der Waals surface area (Å²) in [4.78, 5) is 33.1. The molecule has 200 valence electrons. The SMILES string of the molecule is Cc1ccc(C(=O)NC2CC2)cc1-n1ccnc(N[C@@H](c2ccccc2)[C@H](C)CN2CCC[C@@H](O)C2)c1=O. The molecule has 1 aliphatic heterocycles. The van der Waals surface area contributed by atoms with Crippen LogP contribution in [-0.2, 0) is 0 Å². The summed E-state index contributed by atoms with van der Waals surface area (Å²) >= 11 is 0. The normalized spacial score (nSPS) is 19.5. The van der Waals surface area contributed by atoms with E-state index in [1.807, 2.05) is 31.2 Å². The number of β-amino-alcohol motifs (C(OH)–C–C–N with tert-alkyl or cyclic N) is 1. The fourth-order valence-electron chi connectivity index (χ4n) is 5.28. The number of likely N-dealkylation sites (tertiary alicyclic amines) is 1. The number of piperidine rings is 1. The van der Waals surface area contributed by atoms with Crippen molar-refractivity contribution in [3.05, 3.63) is 88.0 Å². The minimum atomic E-state index is -0.285. The summed E-state index contributed by atoms with van der Waals surface area (Å²) in [6.07, 6.45) is 6.85. The fourth-order valence-corrected chi connectivity index (χ4v) is 5.28. The molecule has 1 saturated heterocycles. The zero-order valence-corrected chi connectivity index (χ0v) is 22.1. The van der Waals surface area contributed by atoms with Crippen LogP contribution in [0.25, 0.3) is 5.69 Å². The average Bonchev–Trinajstić information content (AvgIpc) is 3.73. The molecule has 3 atom stereocenters. The van der Waals surface area contributed by atoms with Crippen LogP contribution in [0.3, 0.4) is 0 Å². The molecule has 3 aromatic rings. The van der Waals surface area contributed by atoms with Gasteiger partial charge in [0.1, 0.15) is 0 Å². The van der Waals surface area contributed by atoms with E-state index in [0.29, 0.717) is 17.8 Å². The number of aromatic nitrogens is 2. The van der Waals surface area contributed by atoms with Gasteiger partial charge in [0.05, 0.1) is 17.8 Å². The molecule has 1 saturated carbocycles. The summed E-state index contributed by atoms with van der Waals surface area (Å²) in [6, 6.07) is 15.7. The average molecular weight is 516 g/mol. The molecule has 0 radical (unpaired) electrons. The summed E-state index contributed by atoms with van der Waals surface area (Å²) in [5.41, 5.74) is 2.90. The smallest absolute Gasteiger partial charge is 0.297 e. The summed E-state index contributed by atoms with van der Waals surface area (Å²) in [7, 11) is 0. The van der Waals surface area contributed by atoms with Gasteiger partial charge in [-0.25, -0.2) is 4.98 Å². The molecule has 1 aliphatic carbocycles. The van der Waals surface area contributed by atoms with Crippen molar-refractivity contribution in [2.24, 2.45) is 5.92 Å². The molecule has 2 fully saturated rings. The minimum absolute atomic E-state index is 0.116. The highest BCUT2D eigenvalue weighted by Gasteiger charge is 2.27. The number of hydrogen-bond acceptors (Lipinski definition) is 6. The van der Waals surface area contributed by atoms with E-state index < -0.39 is 0 Å². The predicted octanol–water partition coefficient (Wildman–Crippen LogP) is 3.68. The van der Waals surface area contributed by atoms with E-state index in [2.05, 4.69) is 39.6 Å². The van der Waals surface area contributed by atoms with Crippen LogP contribution in [0, 0.1) is 12.8 Å². The number of aryl methyl sites for hydroxylation is 1. The van der Waals surface area contributed by atoms with Gasteiger partial charge in [-0.2, -0.15) is 0 Å². The van der Waals surface area contributed by atoms with Gasteiger partial charge in [-0.3, -0.25) is 14.2 Å². The Labute approximate surface area is 223 Å². The molecular formula is C30H37N5O3. The Balaban J connectivity index is 1.42. The molecule has 1 amide bonds. The Morgan fingerprint density at radius 3 is 2.68 bits per heavy atom. The van der Waals surface area contributed by atoms with Crippen LogP contribution >= 0.6 is 0 Å². The highest BCUT2D eigenvalue weighted by molar-refractivity contribution is 5.95. The molecule has 1 aromatic heterocycles. The van der Waals surface area contributed by atoms with E-state index >= 15 is 0 Å². The second-order valence-electron chi connectivity index (χ2n) is 10.8. The van der Waals surface area contributed by atoms with Crippen LogP contribution in [0.4, 0.5) is 5.82 Å². The van der Waals surface area contributed by atoms with E-state index in [1.54, 1.807) is 29.1 Å². The van der Waals surface area contributed by atoms with Crippen LogP contribution in [0.1, 0.15) is 60.1 Å². The van der Waals surface area contributed by atoms with Crippen LogP contribution in [0.15, 0.2) is 65.7 Å². The standard InChI is InChI=1S/C30H37N5O3/c1-20-10-11-23(29(37)32-24-12-13-24)17-26(20)35-16-14-31-28(30(35)38)33-27(22-7-4-3-5-8-22)21(2)18-34-15-6-9-25(36)19-34/h3-5,7-8,10-11,14,16-17,21,24-25,27,36H,6,9,12-13,15,18-19H2,1-2H3,(H,31,33)(H,32,37)/t21-,25-,27-/m1/s1. The van der Waals surface area contributed by atoms with Gasteiger partial charge in [-0.05, 0) is 68.3 Å². The molecule has 3 N–H and O–H groups in total. The number of benzene rings is 2. The molecule has 0 unspecified atom stereocenters. The first-order chi connectivity index (χ1) is 18.4. The number of aliphatic hydroxyl groups excluding tert-OH is 1. The van der Waals surface area contributed by atoms with Crippen molar-refractivity contribution in [2.45, 2.75) is 57.7 Å². The van der Waals surface area contributed by atoms with Gasteiger partial charge >= 0.3 is 0 Å². The van der Waals surface area contributed by atoms with Crippen molar-refractivity contribution in [2.75, 3.05) is 25.0 Å². The van der Waals surface area contributed by atoms with E-state index in [1.165, 1.54) is 0 Å². The van der Waals surface area contributed by atoms with Crippen LogP contribution < -0.4 is 16.2 Å². The van der Waals surface area contributed by atoms with Crippen LogP contribution in [0.5, 0.6) is 0 Å². The van der Waals surface area contributed by atoms with E-state index in [9.17, 15) is 14.7 Å². The third kappa shape index (κ3) is 6.14. The van der Waals surface area contributed by atoms with Crippen LogP contribution in [-0.4, -0.2) is 57.2 Å². The van der Waals surface area contributed by atoms with E-state index in [4.69, 9.17) is 0 Å². The van der Waals surface area contributed by atoms with Crippen molar-refractivity contribution in [3.8, 4) is 5.69 Å². The summed E-state index contributed by atoms with van der Waals surface area (Å²) < 4.78 is 1.56. The third-order valence-electron chi connectivity index (χ3n) is 7.53. The maximum atomic E-state index is 13.7. The number of nitrogens with one attached hydrogen (secondary N) is 2. The quantitative estimate of drug-likeness (QED) is 0.402. The van der Waals surface area contributed by atoms with Gasteiger partial charge in [0.2, 0.25) is 0 Å². The molecule has 2 heterocycles. The number of rotatable bonds is 9. The first-order valence-corrected chi connectivity index (χ1v) is 13.6. The first kappa shape index (κ1) is 26.1. The second-order valence-corrected chi connectivity index (χ2v) is 10.8. The summed E-state index contributed by atoms with van der Waals surface area (Å²) in [5.74, 6) is 0.294. The van der Waals surface area contributed by atoms with Gasteiger partial charge in [0.25, 0.3) is 11.5 Å². The Morgan fingerprint density at radius 1 is 1.16 bits per heavy atom. The maximum absolute atomic E-state index is 13.7. The van der Waals surface area contributed by atoms with Crippen molar-refractivity contribution in [1.29, 1.82) is 0 Å². The van der Waals surface area contributed by atoms with Crippen molar-refractivity contribution in [1.82, 2.24) is 19.8 Å². The van der Waals surface area contributed by atoms with Gasteiger partial charge in [-0.1, -0.05) is 43.3 Å². The zero-order chi connectivity index (χ0) is 26.6. The number of anilines is 1. The summed E-state index contributed by atoms with van der Waals surface area (Å²) in [5, 5.41) is 16.6. The Morgan fingerprint density at radius 2 is 1.95 bits per heavy atom. The molecule has 5 rings (SSSR count). The van der Waals surface area contributed by atoms with Crippen molar-refractivity contribution >= 4 is 11.7 Å². The summed E-state index contributed by atoms with van der Waals surface area (Å²) in [6.45, 7) is 6.52. The molecule has 2 aliphatic rings. The number of amides is 1. The number of carbonyl (C=O) groups is 1. The molecule has 2 aromatic carbocycles. The number of carbonyl (C=O) groups excluding carboxylic acids is 1. The molecule has 38 heavy (non-hydrogen) atoms. The Kier molecular flexibility index (Phi) is 7.90. The largest absolute Gasteiger partial charge is 0.392 e. The van der Waals surface area contributed by atoms with Gasteiger partial charge in [-0.15, -0.1) is 0 Å². The molecule has 0 bridgehead atoms. The van der Waals surface area contributed by atoms with Gasteiger partial charge in [0.15, 0.2) is 5.82 Å². The number of hydrogen-bond donors (Lipinski definition) is 3. The minimum Gasteiger partial charge on any atom is -0.392 e. The van der Waals surface area contributed by atoms with Crippen LogP contribution in [0.2, 0.25) is 0 Å². The lowest BCUT2D eigenvalue weighted by molar-refractivity contribution is 0.0618. The van der Waals surface area contributed by atoms with Gasteiger partial charge in [0, 0.05) is 37.1 Å². The molecular weight excluding hydrogens is 478 g/mol. The van der Waals surface area contributed by atoms with E-state index in [0.717, 1.165) is 49.9 Å². The highest BCUT2D eigenvalue weighted by Crippen LogP contribution is 2.27. The van der Waals surface area contributed by atoms with E-state index in [-0.39, 0.29) is 41.4 Å².